The molecule has 0 amide bonds. The van der Waals surface area contributed by atoms with Crippen molar-refractivity contribution in [3.05, 3.63) is 106 Å². The highest BCUT2D eigenvalue weighted by Crippen LogP contribution is 2.34. The minimum atomic E-state index is -0.376. The number of hydrogen-bond acceptors (Lipinski definition) is 5. The van der Waals surface area contributed by atoms with Crippen molar-refractivity contribution >= 4 is 23.3 Å². The fraction of sp³-hybridized carbons (Fsp3) is 0.192. The number of methoxy groups -OCH3 is 1. The van der Waals surface area contributed by atoms with E-state index in [1.165, 1.54) is 12.7 Å². The number of rotatable bonds is 5. The molecule has 3 aromatic carbocycles. The summed E-state index contributed by atoms with van der Waals surface area (Å²) in [5.41, 5.74) is 5.38. The maximum atomic E-state index is 11.8. The molecule has 0 saturated heterocycles. The highest BCUT2D eigenvalue weighted by atomic mass is 35.5. The van der Waals surface area contributed by atoms with Crippen LogP contribution < -0.4 is 10.6 Å². The number of nitrogens with one attached hydrogen (secondary N) is 2. The quantitative estimate of drug-likeness (QED) is 0.458. The van der Waals surface area contributed by atoms with Crippen LogP contribution >= 0.6 is 11.6 Å². The van der Waals surface area contributed by atoms with E-state index in [-0.39, 0.29) is 23.9 Å². The number of aromatic hydroxyl groups is 1. The number of esters is 1. The van der Waals surface area contributed by atoms with E-state index >= 15 is 0 Å². The van der Waals surface area contributed by atoms with E-state index < -0.39 is 0 Å². The predicted octanol–water partition coefficient (Wildman–Crippen LogP) is 5.37. The zero-order chi connectivity index (χ0) is 22.7. The average Bonchev–Trinajstić information content (AvgIpc) is 2.85. The number of hydrogen-bond donors (Lipinski definition) is 3. The fourth-order valence-corrected chi connectivity index (χ4v) is 3.98. The molecule has 32 heavy (non-hydrogen) atoms. The molecular weight excluding hydrogens is 424 g/mol. The first-order chi connectivity index (χ1) is 15.5. The summed E-state index contributed by atoms with van der Waals surface area (Å²) in [6.45, 7) is 2.13. The Bertz CT molecular complexity index is 1140. The van der Waals surface area contributed by atoms with Crippen LogP contribution in [0, 0.1) is 0 Å². The molecule has 3 N–H and O–H groups in total. The van der Waals surface area contributed by atoms with Crippen LogP contribution in [0.25, 0.3) is 5.70 Å². The number of ether oxygens (including phenoxy) is 1. The SMILES string of the molecule is CCc1ccc(C2=CC(c3cc(Cl)ccc3O)NC(c3ccc(C(=O)OC)cc3)N2)cc1. The molecule has 1 aliphatic heterocycles. The highest BCUT2D eigenvalue weighted by molar-refractivity contribution is 6.30. The number of benzene rings is 3. The standard InChI is InChI=1S/C26H25ClN2O3/c1-3-16-4-6-17(7-5-16)22-15-23(21-14-20(27)12-13-24(21)30)29-25(28-22)18-8-10-19(11-9-18)26(31)32-2/h4-15,23,25,28-30H,3H2,1-2H3. The van der Waals surface area contributed by atoms with Gasteiger partial charge >= 0.3 is 5.97 Å². The molecule has 0 aromatic heterocycles. The van der Waals surface area contributed by atoms with Crippen LogP contribution in [0.3, 0.4) is 0 Å². The van der Waals surface area contributed by atoms with E-state index in [1.807, 2.05) is 18.2 Å². The van der Waals surface area contributed by atoms with E-state index in [4.69, 9.17) is 16.3 Å². The van der Waals surface area contributed by atoms with Crippen LogP contribution in [0.1, 0.15) is 51.7 Å². The summed E-state index contributed by atoms with van der Waals surface area (Å²) in [5, 5.41) is 18.1. The molecule has 6 heteroatoms. The van der Waals surface area contributed by atoms with Crippen molar-refractivity contribution in [3.8, 4) is 5.75 Å². The Balaban J connectivity index is 1.72. The third kappa shape index (κ3) is 4.64. The Hall–Kier alpha value is -3.28. The van der Waals surface area contributed by atoms with E-state index in [2.05, 4.69) is 41.8 Å². The topological polar surface area (TPSA) is 70.6 Å². The largest absolute Gasteiger partial charge is 0.508 e. The lowest BCUT2D eigenvalue weighted by Crippen LogP contribution is -2.39. The van der Waals surface area contributed by atoms with Gasteiger partial charge < -0.3 is 15.2 Å². The first-order valence-corrected chi connectivity index (χ1v) is 10.9. The van der Waals surface area contributed by atoms with Gasteiger partial charge in [0.2, 0.25) is 0 Å². The van der Waals surface area contributed by atoms with Gasteiger partial charge in [-0.05, 0) is 59.5 Å². The molecule has 1 heterocycles. The summed E-state index contributed by atoms with van der Waals surface area (Å²) in [7, 11) is 1.36. The second kappa shape index (κ2) is 9.47. The van der Waals surface area contributed by atoms with E-state index in [0.29, 0.717) is 16.1 Å². The lowest BCUT2D eigenvalue weighted by atomic mass is 9.97. The molecular formula is C26H25ClN2O3. The van der Waals surface area contributed by atoms with Crippen LogP contribution in [0.15, 0.2) is 72.8 Å². The van der Waals surface area contributed by atoms with Crippen molar-refractivity contribution < 1.29 is 14.6 Å². The molecule has 3 aromatic rings. The zero-order valence-corrected chi connectivity index (χ0v) is 18.7. The molecule has 2 atom stereocenters. The summed E-state index contributed by atoms with van der Waals surface area (Å²) in [6.07, 6.45) is 2.77. The Morgan fingerprint density at radius 1 is 1.06 bits per heavy atom. The second-order valence-corrected chi connectivity index (χ2v) is 8.11. The molecule has 0 bridgehead atoms. The maximum Gasteiger partial charge on any atom is 0.337 e. The van der Waals surface area contributed by atoms with Crippen molar-refractivity contribution in [2.24, 2.45) is 0 Å². The summed E-state index contributed by atoms with van der Waals surface area (Å²) < 4.78 is 4.80. The smallest absolute Gasteiger partial charge is 0.337 e. The Kier molecular flexibility index (Phi) is 6.49. The van der Waals surface area contributed by atoms with Gasteiger partial charge in [0, 0.05) is 16.3 Å². The van der Waals surface area contributed by atoms with E-state index in [0.717, 1.165) is 23.2 Å². The zero-order valence-electron chi connectivity index (χ0n) is 17.9. The number of halogens is 1. The van der Waals surface area contributed by atoms with Gasteiger partial charge in [-0.25, -0.2) is 4.79 Å². The number of aryl methyl sites for hydroxylation is 1. The predicted molar refractivity (Wildman–Crippen MR) is 126 cm³/mol. The molecule has 0 saturated carbocycles. The molecule has 0 spiro atoms. The van der Waals surface area contributed by atoms with Gasteiger partial charge in [-0.3, -0.25) is 5.32 Å². The van der Waals surface area contributed by atoms with E-state index in [9.17, 15) is 9.90 Å². The molecule has 0 radical (unpaired) electrons. The molecule has 5 nitrogen and oxygen atoms in total. The van der Waals surface area contributed by atoms with Crippen LogP contribution in [-0.2, 0) is 11.2 Å². The molecule has 2 unspecified atom stereocenters. The van der Waals surface area contributed by atoms with Crippen molar-refractivity contribution in [1.29, 1.82) is 0 Å². The van der Waals surface area contributed by atoms with Crippen LogP contribution in [0.2, 0.25) is 5.02 Å². The minimum Gasteiger partial charge on any atom is -0.508 e. The summed E-state index contributed by atoms with van der Waals surface area (Å²) >= 11 is 6.22. The first kappa shape index (κ1) is 21.9. The summed E-state index contributed by atoms with van der Waals surface area (Å²) in [4.78, 5) is 11.8. The lowest BCUT2D eigenvalue weighted by Gasteiger charge is -2.33. The van der Waals surface area contributed by atoms with Gasteiger partial charge in [0.25, 0.3) is 0 Å². The van der Waals surface area contributed by atoms with Gasteiger partial charge in [-0.15, -0.1) is 0 Å². The van der Waals surface area contributed by atoms with Crippen LogP contribution in [0.4, 0.5) is 0 Å². The van der Waals surface area contributed by atoms with Crippen LogP contribution in [0.5, 0.6) is 5.75 Å². The fourth-order valence-electron chi connectivity index (χ4n) is 3.80. The van der Waals surface area contributed by atoms with E-state index in [1.54, 1.807) is 30.3 Å². The molecule has 1 aliphatic rings. The lowest BCUT2D eigenvalue weighted by molar-refractivity contribution is 0.0600. The highest BCUT2D eigenvalue weighted by Gasteiger charge is 2.26. The monoisotopic (exact) mass is 448 g/mol. The number of carbonyl (C=O) groups excluding carboxylic acids is 1. The summed E-state index contributed by atoms with van der Waals surface area (Å²) in [6, 6.07) is 20.4. The van der Waals surface area contributed by atoms with Gasteiger partial charge in [0.05, 0.1) is 18.7 Å². The summed E-state index contributed by atoms with van der Waals surface area (Å²) in [5.74, 6) is -0.204. The van der Waals surface area contributed by atoms with Crippen molar-refractivity contribution in [2.45, 2.75) is 25.6 Å². The normalized spacial score (nSPS) is 17.9. The number of phenolic OH excluding ortho intramolecular Hbond substituents is 1. The maximum absolute atomic E-state index is 11.8. The van der Waals surface area contributed by atoms with Crippen molar-refractivity contribution in [2.75, 3.05) is 7.11 Å². The Morgan fingerprint density at radius 2 is 1.78 bits per heavy atom. The molecule has 0 aliphatic carbocycles. The first-order valence-electron chi connectivity index (χ1n) is 10.5. The third-order valence-electron chi connectivity index (χ3n) is 5.64. The average molecular weight is 449 g/mol. The third-order valence-corrected chi connectivity index (χ3v) is 5.88. The van der Waals surface area contributed by atoms with Crippen molar-refractivity contribution in [1.82, 2.24) is 10.6 Å². The van der Waals surface area contributed by atoms with Gasteiger partial charge in [0.1, 0.15) is 11.9 Å². The number of phenols is 1. The Morgan fingerprint density at radius 3 is 2.44 bits per heavy atom. The molecule has 4 rings (SSSR count). The van der Waals surface area contributed by atoms with Crippen LogP contribution in [-0.4, -0.2) is 18.2 Å². The second-order valence-electron chi connectivity index (χ2n) is 7.67. The minimum absolute atomic E-state index is 0.172. The van der Waals surface area contributed by atoms with Gasteiger partial charge in [-0.2, -0.15) is 0 Å². The molecule has 0 fully saturated rings. The Labute approximate surface area is 192 Å². The van der Waals surface area contributed by atoms with Gasteiger partial charge in [-0.1, -0.05) is 54.9 Å². The van der Waals surface area contributed by atoms with Crippen molar-refractivity contribution in [3.63, 3.8) is 0 Å². The molecule has 164 valence electrons. The number of carbonyl (C=O) groups is 1. The van der Waals surface area contributed by atoms with Gasteiger partial charge in [0.15, 0.2) is 0 Å².